The highest BCUT2D eigenvalue weighted by Crippen LogP contribution is 2.22. The lowest BCUT2D eigenvalue weighted by molar-refractivity contribution is -0.128. The molecule has 0 aliphatic rings. The molecule has 0 radical (unpaired) electrons. The topological polar surface area (TPSA) is 96.9 Å². The van der Waals surface area contributed by atoms with Gasteiger partial charge in [-0.05, 0) is 78.4 Å². The summed E-state index contributed by atoms with van der Waals surface area (Å²) in [5.74, 6) is -0.973. The monoisotopic (exact) mass is 645 g/mol. The Balaban J connectivity index is 1.35. The molecule has 0 atom stereocenters. The van der Waals surface area contributed by atoms with Gasteiger partial charge in [0.2, 0.25) is 0 Å². The van der Waals surface area contributed by atoms with Crippen LogP contribution >= 0.6 is 31.9 Å². The molecule has 0 fully saturated rings. The highest BCUT2D eigenvalue weighted by Gasteiger charge is 2.10. The first-order chi connectivity index (χ1) is 18.9. The maximum atomic E-state index is 12.6. The summed E-state index contributed by atoms with van der Waals surface area (Å²) in [5, 5.41) is 6.80. The van der Waals surface area contributed by atoms with Gasteiger partial charge in [0, 0.05) is 37.4 Å². The summed E-state index contributed by atoms with van der Waals surface area (Å²) >= 11 is 6.73. The van der Waals surface area contributed by atoms with Crippen LogP contribution in [-0.4, -0.2) is 24.0 Å². The van der Waals surface area contributed by atoms with Crippen molar-refractivity contribution >= 4 is 67.6 Å². The minimum absolute atomic E-state index is 0.259. The predicted octanol–water partition coefficient (Wildman–Crippen LogP) is 6.85. The molecule has 0 aliphatic carbocycles. The van der Waals surface area contributed by atoms with Crippen molar-refractivity contribution in [2.24, 2.45) is 5.10 Å². The normalized spacial score (nSPS) is 10.9. The number of benzene rings is 4. The number of ether oxygens (including phenoxy) is 1. The van der Waals surface area contributed by atoms with Gasteiger partial charge in [0.25, 0.3) is 11.8 Å². The first kappa shape index (κ1) is 27.7. The highest BCUT2D eigenvalue weighted by molar-refractivity contribution is 9.10. The summed E-state index contributed by atoms with van der Waals surface area (Å²) in [5.41, 5.74) is 5.22. The van der Waals surface area contributed by atoms with Gasteiger partial charge < -0.3 is 10.1 Å². The van der Waals surface area contributed by atoms with Gasteiger partial charge in [-0.1, -0.05) is 62.2 Å². The molecule has 2 amide bonds. The van der Waals surface area contributed by atoms with Crippen LogP contribution in [0.15, 0.2) is 117 Å². The zero-order chi connectivity index (χ0) is 27.6. The van der Waals surface area contributed by atoms with Crippen molar-refractivity contribution in [2.45, 2.75) is 0 Å². The standard InChI is InChI=1S/C30H21Br2N3O4/c31-24-11-7-21(8-12-24)29(37)34-26-14-9-22(10-15-26)30(38)35-33-19-23-18-25(32)13-16-27(23)39-28(36)17-6-20-4-2-1-3-5-20/h1-19H,(H,34,37)(H,35,38)/b17-6+,33-19-. The van der Waals surface area contributed by atoms with Crippen LogP contribution in [0, 0.1) is 0 Å². The maximum absolute atomic E-state index is 12.6. The van der Waals surface area contributed by atoms with Crippen molar-refractivity contribution in [1.82, 2.24) is 5.43 Å². The van der Waals surface area contributed by atoms with E-state index in [1.54, 1.807) is 72.8 Å². The van der Waals surface area contributed by atoms with Crippen molar-refractivity contribution in [2.75, 3.05) is 5.32 Å². The van der Waals surface area contributed by atoms with E-state index in [9.17, 15) is 14.4 Å². The molecule has 0 aliphatic heterocycles. The quantitative estimate of drug-likeness (QED) is 0.0720. The van der Waals surface area contributed by atoms with Crippen LogP contribution in [-0.2, 0) is 4.79 Å². The SMILES string of the molecule is O=C(/C=C/c1ccccc1)Oc1ccc(Br)cc1/C=N\NC(=O)c1ccc(NC(=O)c2ccc(Br)cc2)cc1. The fourth-order valence-electron chi connectivity index (χ4n) is 3.32. The molecule has 0 spiro atoms. The van der Waals surface area contributed by atoms with Crippen LogP contribution in [0.4, 0.5) is 5.69 Å². The second kappa shape index (κ2) is 13.5. The molecule has 0 unspecified atom stereocenters. The molecule has 0 heterocycles. The van der Waals surface area contributed by atoms with Crippen LogP contribution in [0.2, 0.25) is 0 Å². The van der Waals surface area contributed by atoms with Crippen LogP contribution in [0.3, 0.4) is 0 Å². The van der Waals surface area contributed by atoms with E-state index in [1.807, 2.05) is 30.3 Å². The van der Waals surface area contributed by atoms with Crippen molar-refractivity contribution in [3.05, 3.63) is 134 Å². The molecule has 194 valence electrons. The molecule has 0 aromatic heterocycles. The van der Waals surface area contributed by atoms with E-state index in [4.69, 9.17) is 4.74 Å². The number of halogens is 2. The Hall–Kier alpha value is -4.34. The van der Waals surface area contributed by atoms with E-state index >= 15 is 0 Å². The van der Waals surface area contributed by atoms with Crippen molar-refractivity contribution < 1.29 is 19.1 Å². The maximum Gasteiger partial charge on any atom is 0.336 e. The molecule has 9 heteroatoms. The lowest BCUT2D eigenvalue weighted by atomic mass is 10.1. The lowest BCUT2D eigenvalue weighted by Crippen LogP contribution is -2.18. The summed E-state index contributed by atoms with van der Waals surface area (Å²) in [6, 6.07) is 27.9. The number of rotatable bonds is 8. The van der Waals surface area contributed by atoms with Crippen LogP contribution in [0.25, 0.3) is 6.08 Å². The van der Waals surface area contributed by atoms with E-state index in [0.29, 0.717) is 22.4 Å². The van der Waals surface area contributed by atoms with Gasteiger partial charge in [0.1, 0.15) is 5.75 Å². The van der Waals surface area contributed by atoms with Crippen molar-refractivity contribution in [3.63, 3.8) is 0 Å². The minimum atomic E-state index is -0.549. The summed E-state index contributed by atoms with van der Waals surface area (Å²) in [4.78, 5) is 37.2. The molecule has 7 nitrogen and oxygen atoms in total. The number of hydrogen-bond donors (Lipinski definition) is 2. The Bertz CT molecular complexity index is 1540. The van der Waals surface area contributed by atoms with Crippen LogP contribution in [0.5, 0.6) is 5.75 Å². The molecule has 0 saturated heterocycles. The number of nitrogens with zero attached hydrogens (tertiary/aromatic N) is 1. The first-order valence-electron chi connectivity index (χ1n) is 11.6. The van der Waals surface area contributed by atoms with Gasteiger partial charge in [-0.3, -0.25) is 9.59 Å². The molecular formula is C30H21Br2N3O4. The molecule has 2 N–H and O–H groups in total. The molecule has 0 bridgehead atoms. The number of amides is 2. The highest BCUT2D eigenvalue weighted by atomic mass is 79.9. The van der Waals surface area contributed by atoms with Gasteiger partial charge in [-0.25, -0.2) is 10.2 Å². The predicted molar refractivity (Wildman–Crippen MR) is 159 cm³/mol. The van der Waals surface area contributed by atoms with E-state index in [-0.39, 0.29) is 11.7 Å². The minimum Gasteiger partial charge on any atom is -0.423 e. The zero-order valence-electron chi connectivity index (χ0n) is 20.3. The Morgan fingerprint density at radius 3 is 2.10 bits per heavy atom. The number of nitrogens with one attached hydrogen (secondary N) is 2. The molecule has 4 rings (SSSR count). The second-order valence-electron chi connectivity index (χ2n) is 8.08. The van der Waals surface area contributed by atoms with Crippen molar-refractivity contribution in [1.29, 1.82) is 0 Å². The number of hydrogen-bond acceptors (Lipinski definition) is 5. The number of carbonyl (C=O) groups excluding carboxylic acids is 3. The summed E-state index contributed by atoms with van der Waals surface area (Å²) in [6.45, 7) is 0. The number of hydrazone groups is 1. The average molecular weight is 647 g/mol. The van der Waals surface area contributed by atoms with E-state index in [0.717, 1.165) is 14.5 Å². The van der Waals surface area contributed by atoms with Gasteiger partial charge in [0.05, 0.1) is 6.21 Å². The Morgan fingerprint density at radius 1 is 0.744 bits per heavy atom. The molecule has 0 saturated carbocycles. The largest absolute Gasteiger partial charge is 0.423 e. The molecule has 4 aromatic carbocycles. The van der Waals surface area contributed by atoms with Crippen LogP contribution in [0.1, 0.15) is 31.8 Å². The lowest BCUT2D eigenvalue weighted by Gasteiger charge is -2.07. The third-order valence-electron chi connectivity index (χ3n) is 5.27. The number of esters is 1. The van der Waals surface area contributed by atoms with Crippen LogP contribution < -0.4 is 15.5 Å². The fraction of sp³-hybridized carbons (Fsp3) is 0. The third kappa shape index (κ3) is 8.33. The molecule has 39 heavy (non-hydrogen) atoms. The van der Waals surface area contributed by atoms with Gasteiger partial charge in [-0.2, -0.15) is 5.10 Å². The van der Waals surface area contributed by atoms with Crippen molar-refractivity contribution in [3.8, 4) is 5.75 Å². The molecule has 4 aromatic rings. The Kier molecular flexibility index (Phi) is 9.55. The Labute approximate surface area is 241 Å². The van der Waals surface area contributed by atoms with Gasteiger partial charge in [-0.15, -0.1) is 0 Å². The Morgan fingerprint density at radius 2 is 1.38 bits per heavy atom. The van der Waals surface area contributed by atoms with E-state index < -0.39 is 11.9 Å². The number of anilines is 1. The van der Waals surface area contributed by atoms with Gasteiger partial charge >= 0.3 is 5.97 Å². The second-order valence-corrected chi connectivity index (χ2v) is 9.92. The third-order valence-corrected chi connectivity index (χ3v) is 6.30. The van der Waals surface area contributed by atoms with Gasteiger partial charge in [0.15, 0.2) is 0 Å². The zero-order valence-corrected chi connectivity index (χ0v) is 23.5. The molecular weight excluding hydrogens is 626 g/mol. The number of carbonyl (C=O) groups is 3. The summed E-state index contributed by atoms with van der Waals surface area (Å²) < 4.78 is 7.09. The average Bonchev–Trinajstić information content (AvgIpc) is 2.94. The smallest absolute Gasteiger partial charge is 0.336 e. The van der Waals surface area contributed by atoms with E-state index in [2.05, 4.69) is 47.7 Å². The first-order valence-corrected chi connectivity index (χ1v) is 13.2. The summed E-state index contributed by atoms with van der Waals surface area (Å²) in [7, 11) is 0. The van der Waals surface area contributed by atoms with E-state index in [1.165, 1.54) is 12.3 Å². The fourth-order valence-corrected chi connectivity index (χ4v) is 3.96. The summed E-state index contributed by atoms with van der Waals surface area (Å²) in [6.07, 6.45) is 4.39.